The minimum Gasteiger partial charge on any atom is -0.357 e. The van der Waals surface area contributed by atoms with Crippen LogP contribution < -0.4 is 10.6 Å². The average molecular weight is 386 g/mol. The van der Waals surface area contributed by atoms with Crippen molar-refractivity contribution in [1.82, 2.24) is 14.9 Å². The lowest BCUT2D eigenvalue weighted by atomic mass is 9.98. The van der Waals surface area contributed by atoms with Crippen molar-refractivity contribution >= 4 is 16.0 Å². The number of guanidine groups is 1. The van der Waals surface area contributed by atoms with Crippen LogP contribution in [0.25, 0.3) is 0 Å². The van der Waals surface area contributed by atoms with Crippen LogP contribution in [0.15, 0.2) is 4.99 Å². The molecule has 148 valence electrons. The van der Waals surface area contributed by atoms with Gasteiger partial charge in [0.25, 0.3) is 0 Å². The minimum atomic E-state index is -5.23. The summed E-state index contributed by atoms with van der Waals surface area (Å²) < 4.78 is 61.0. The first-order valence-electron chi connectivity index (χ1n) is 8.60. The van der Waals surface area contributed by atoms with E-state index in [1.54, 1.807) is 0 Å². The van der Waals surface area contributed by atoms with Crippen LogP contribution in [0.4, 0.5) is 13.2 Å². The maximum Gasteiger partial charge on any atom is 0.511 e. The fraction of sp³-hybridized carbons (Fsp3) is 0.933. The summed E-state index contributed by atoms with van der Waals surface area (Å²) >= 11 is 0. The molecule has 1 saturated heterocycles. The molecule has 25 heavy (non-hydrogen) atoms. The van der Waals surface area contributed by atoms with Crippen molar-refractivity contribution in [3.05, 3.63) is 0 Å². The van der Waals surface area contributed by atoms with Crippen LogP contribution in [0, 0.1) is 11.8 Å². The van der Waals surface area contributed by atoms with Crippen LogP contribution >= 0.6 is 0 Å². The number of aliphatic imine (C=N–C) groups is 1. The zero-order valence-corrected chi connectivity index (χ0v) is 16.0. The van der Waals surface area contributed by atoms with Crippen LogP contribution in [0.1, 0.15) is 40.5 Å². The standard InChI is InChI=1S/C15H29F3N4O2S/c1-5-19-14(21-12(4)11(2)3)20-10-13-6-8-22(9-7-13)25(23,24)15(16,17)18/h11-13H,5-10H2,1-4H3,(H2,19,20,21). The molecule has 0 aromatic carbocycles. The van der Waals surface area contributed by atoms with Gasteiger partial charge in [0.15, 0.2) is 5.96 Å². The summed E-state index contributed by atoms with van der Waals surface area (Å²) in [5, 5.41) is 6.44. The summed E-state index contributed by atoms with van der Waals surface area (Å²) in [6.07, 6.45) is 0.746. The Morgan fingerprint density at radius 3 is 2.24 bits per heavy atom. The highest BCUT2D eigenvalue weighted by molar-refractivity contribution is 7.90. The third-order valence-electron chi connectivity index (χ3n) is 4.42. The lowest BCUT2D eigenvalue weighted by Crippen LogP contribution is -2.46. The number of nitrogens with zero attached hydrogens (tertiary/aromatic N) is 2. The van der Waals surface area contributed by atoms with Gasteiger partial charge in [-0.15, -0.1) is 0 Å². The molecule has 1 aliphatic rings. The van der Waals surface area contributed by atoms with Gasteiger partial charge in [0.05, 0.1) is 0 Å². The summed E-state index contributed by atoms with van der Waals surface area (Å²) in [5.41, 5.74) is -5.23. The van der Waals surface area contributed by atoms with E-state index >= 15 is 0 Å². The third-order valence-corrected chi connectivity index (χ3v) is 6.05. The highest BCUT2D eigenvalue weighted by Gasteiger charge is 2.50. The second-order valence-electron chi connectivity index (χ2n) is 6.69. The fourth-order valence-electron chi connectivity index (χ4n) is 2.40. The molecule has 0 amide bonds. The molecular formula is C15H29F3N4O2S. The highest BCUT2D eigenvalue weighted by atomic mass is 32.2. The predicted molar refractivity (Wildman–Crippen MR) is 92.7 cm³/mol. The van der Waals surface area contributed by atoms with Crippen molar-refractivity contribution in [3.63, 3.8) is 0 Å². The van der Waals surface area contributed by atoms with Crippen molar-refractivity contribution in [2.75, 3.05) is 26.2 Å². The van der Waals surface area contributed by atoms with E-state index in [2.05, 4.69) is 36.4 Å². The van der Waals surface area contributed by atoms with Gasteiger partial charge < -0.3 is 10.6 Å². The average Bonchev–Trinajstić information content (AvgIpc) is 2.52. The number of hydrogen-bond donors (Lipinski definition) is 2. The molecule has 1 atom stereocenters. The van der Waals surface area contributed by atoms with E-state index in [1.165, 1.54) is 0 Å². The van der Waals surface area contributed by atoms with Crippen molar-refractivity contribution in [3.8, 4) is 0 Å². The Kier molecular flexibility index (Phi) is 7.98. The van der Waals surface area contributed by atoms with Crippen molar-refractivity contribution in [2.24, 2.45) is 16.8 Å². The number of alkyl halides is 3. The summed E-state index contributed by atoms with van der Waals surface area (Å²) in [4.78, 5) is 4.50. The van der Waals surface area contributed by atoms with E-state index in [-0.39, 0.29) is 25.0 Å². The third kappa shape index (κ3) is 6.32. The van der Waals surface area contributed by atoms with Crippen LogP contribution in [0.5, 0.6) is 0 Å². The topological polar surface area (TPSA) is 73.8 Å². The predicted octanol–water partition coefficient (Wildman–Crippen LogP) is 2.15. The second kappa shape index (κ2) is 9.07. The van der Waals surface area contributed by atoms with Gasteiger partial charge in [-0.05, 0) is 38.5 Å². The van der Waals surface area contributed by atoms with Gasteiger partial charge in [0, 0.05) is 32.2 Å². The van der Waals surface area contributed by atoms with Gasteiger partial charge in [0.2, 0.25) is 0 Å². The molecule has 1 fully saturated rings. The summed E-state index contributed by atoms with van der Waals surface area (Å²) in [6.45, 7) is 9.13. The van der Waals surface area contributed by atoms with E-state index in [0.29, 0.717) is 42.1 Å². The molecular weight excluding hydrogens is 357 g/mol. The molecule has 6 nitrogen and oxygen atoms in total. The molecule has 0 bridgehead atoms. The number of rotatable bonds is 6. The molecule has 0 spiro atoms. The Bertz CT molecular complexity index is 541. The van der Waals surface area contributed by atoms with E-state index in [1.807, 2.05) is 6.92 Å². The van der Waals surface area contributed by atoms with Crippen molar-refractivity contribution in [2.45, 2.75) is 52.1 Å². The first-order chi connectivity index (χ1) is 11.5. The summed E-state index contributed by atoms with van der Waals surface area (Å²) in [5.74, 6) is 1.18. The van der Waals surface area contributed by atoms with Crippen LogP contribution in [0.3, 0.4) is 0 Å². The molecule has 10 heteroatoms. The molecule has 0 aromatic rings. The van der Waals surface area contributed by atoms with Crippen LogP contribution in [0.2, 0.25) is 0 Å². The van der Waals surface area contributed by atoms with Gasteiger partial charge >= 0.3 is 15.5 Å². The number of hydrogen-bond acceptors (Lipinski definition) is 3. The van der Waals surface area contributed by atoms with Gasteiger partial charge in [-0.3, -0.25) is 4.99 Å². The van der Waals surface area contributed by atoms with Crippen LogP contribution in [-0.4, -0.2) is 56.4 Å². The van der Waals surface area contributed by atoms with E-state index < -0.39 is 15.5 Å². The van der Waals surface area contributed by atoms with Gasteiger partial charge in [-0.2, -0.15) is 17.5 Å². The monoisotopic (exact) mass is 386 g/mol. The summed E-state index contributed by atoms with van der Waals surface area (Å²) in [7, 11) is -5.22. The number of sulfonamides is 1. The van der Waals surface area contributed by atoms with E-state index in [0.717, 1.165) is 0 Å². The molecule has 2 N–H and O–H groups in total. The maximum absolute atomic E-state index is 12.6. The Hall–Kier alpha value is -1.03. The first kappa shape index (κ1) is 22.0. The molecule has 0 saturated carbocycles. The maximum atomic E-state index is 12.6. The Morgan fingerprint density at radius 2 is 1.80 bits per heavy atom. The molecule has 0 aromatic heterocycles. The SMILES string of the molecule is CCNC(=NCC1CCN(S(=O)(=O)C(F)(F)F)CC1)NC(C)C(C)C. The zero-order chi connectivity index (χ0) is 19.3. The number of nitrogens with one attached hydrogen (secondary N) is 2. The van der Waals surface area contributed by atoms with Crippen LogP contribution in [-0.2, 0) is 10.0 Å². The molecule has 1 unspecified atom stereocenters. The molecule has 1 rings (SSSR count). The fourth-order valence-corrected chi connectivity index (χ4v) is 3.39. The van der Waals surface area contributed by atoms with E-state index in [9.17, 15) is 21.6 Å². The molecule has 1 heterocycles. The zero-order valence-electron chi connectivity index (χ0n) is 15.2. The molecule has 0 aliphatic carbocycles. The Labute approximate surface area is 148 Å². The number of piperidine rings is 1. The smallest absolute Gasteiger partial charge is 0.357 e. The Morgan fingerprint density at radius 1 is 1.24 bits per heavy atom. The minimum absolute atomic E-state index is 0.0736. The lowest BCUT2D eigenvalue weighted by molar-refractivity contribution is -0.0496. The first-order valence-corrected chi connectivity index (χ1v) is 10.0. The van der Waals surface area contributed by atoms with Crippen molar-refractivity contribution < 1.29 is 21.6 Å². The van der Waals surface area contributed by atoms with Gasteiger partial charge in [0.1, 0.15) is 0 Å². The Balaban J connectivity index is 2.59. The summed E-state index contributed by atoms with van der Waals surface area (Å²) in [6, 6.07) is 0.233. The molecule has 0 radical (unpaired) electrons. The highest BCUT2D eigenvalue weighted by Crippen LogP contribution is 2.30. The normalized spacial score (nSPS) is 19.9. The van der Waals surface area contributed by atoms with Gasteiger partial charge in [-0.25, -0.2) is 8.42 Å². The quantitative estimate of drug-likeness (QED) is 0.542. The molecule has 1 aliphatic heterocycles. The second-order valence-corrected chi connectivity index (χ2v) is 8.62. The van der Waals surface area contributed by atoms with E-state index in [4.69, 9.17) is 0 Å². The van der Waals surface area contributed by atoms with Crippen molar-refractivity contribution in [1.29, 1.82) is 0 Å². The largest absolute Gasteiger partial charge is 0.511 e. The lowest BCUT2D eigenvalue weighted by Gasteiger charge is -2.31. The number of halogens is 3. The van der Waals surface area contributed by atoms with Gasteiger partial charge in [-0.1, -0.05) is 13.8 Å².